The highest BCUT2D eigenvalue weighted by Crippen LogP contribution is 2.48. The minimum absolute atomic E-state index is 0.435. The van der Waals surface area contributed by atoms with Gasteiger partial charge in [0.1, 0.15) is 11.2 Å². The van der Waals surface area contributed by atoms with Gasteiger partial charge in [-0.3, -0.25) is 4.98 Å². The lowest BCUT2D eigenvalue weighted by Crippen LogP contribution is -1.98. The van der Waals surface area contributed by atoms with Crippen molar-refractivity contribution in [1.82, 2.24) is 4.98 Å². The zero-order valence-corrected chi connectivity index (χ0v) is 16.7. The highest BCUT2D eigenvalue weighted by Gasteiger charge is 2.22. The van der Waals surface area contributed by atoms with E-state index in [1.54, 1.807) is 0 Å². The summed E-state index contributed by atoms with van der Waals surface area (Å²) in [5.74, 6) is 3.20. The Hall–Kier alpha value is -3.79. The van der Waals surface area contributed by atoms with Crippen LogP contribution in [-0.2, 0) is 0 Å². The molecular formula is C26H19NO3. The molecule has 1 aliphatic rings. The van der Waals surface area contributed by atoms with Gasteiger partial charge < -0.3 is 13.9 Å². The van der Waals surface area contributed by atoms with Crippen molar-refractivity contribution in [1.29, 1.82) is 0 Å². The number of ether oxygens (including phenoxy) is 2. The molecule has 0 saturated carbocycles. The van der Waals surface area contributed by atoms with Crippen molar-refractivity contribution in [2.45, 2.75) is 19.8 Å². The molecule has 0 N–H and O–H groups in total. The number of hydrogen-bond donors (Lipinski definition) is 0. The van der Waals surface area contributed by atoms with Crippen LogP contribution in [-0.4, -0.2) is 4.98 Å². The Morgan fingerprint density at radius 2 is 1.50 bits per heavy atom. The second-order valence-electron chi connectivity index (χ2n) is 7.86. The molecule has 4 nitrogen and oxygen atoms in total. The van der Waals surface area contributed by atoms with Crippen molar-refractivity contribution in [2.75, 3.05) is 0 Å². The minimum Gasteiger partial charge on any atom is -0.455 e. The molecule has 1 aliphatic heterocycles. The molecule has 0 unspecified atom stereocenters. The maximum Gasteiger partial charge on any atom is 0.173 e. The zero-order chi connectivity index (χ0) is 20.2. The zero-order valence-electron chi connectivity index (χ0n) is 16.7. The van der Waals surface area contributed by atoms with Gasteiger partial charge in [-0.15, -0.1) is 0 Å². The van der Waals surface area contributed by atoms with E-state index in [1.807, 2.05) is 48.7 Å². The Balaban J connectivity index is 1.54. The van der Waals surface area contributed by atoms with E-state index in [1.165, 1.54) is 5.56 Å². The fraction of sp³-hybridized carbons (Fsp3) is 0.115. The molecule has 146 valence electrons. The van der Waals surface area contributed by atoms with Gasteiger partial charge in [-0.2, -0.15) is 0 Å². The summed E-state index contributed by atoms with van der Waals surface area (Å²) in [5.41, 5.74) is 4.73. The Kier molecular flexibility index (Phi) is 3.62. The number of furan rings is 1. The van der Waals surface area contributed by atoms with Gasteiger partial charge in [-0.25, -0.2) is 0 Å². The SMILES string of the molecule is CC(C)c1ccnc(-c2cccc3c2oc2cc4c(cc23)Oc2ccccc2O4)c1. The van der Waals surface area contributed by atoms with Gasteiger partial charge in [0.2, 0.25) is 0 Å². The third-order valence-corrected chi connectivity index (χ3v) is 5.58. The maximum atomic E-state index is 6.32. The number of aromatic nitrogens is 1. The highest BCUT2D eigenvalue weighted by molar-refractivity contribution is 6.10. The Morgan fingerprint density at radius 3 is 2.27 bits per heavy atom. The second-order valence-corrected chi connectivity index (χ2v) is 7.86. The molecule has 0 aliphatic carbocycles. The molecule has 0 amide bonds. The monoisotopic (exact) mass is 393 g/mol. The number of rotatable bonds is 2. The largest absolute Gasteiger partial charge is 0.455 e. The van der Waals surface area contributed by atoms with Crippen LogP contribution in [0.1, 0.15) is 25.3 Å². The lowest BCUT2D eigenvalue weighted by molar-refractivity contribution is 0.360. The Morgan fingerprint density at radius 1 is 0.733 bits per heavy atom. The highest BCUT2D eigenvalue weighted by atomic mass is 16.6. The molecule has 30 heavy (non-hydrogen) atoms. The van der Waals surface area contributed by atoms with Crippen LogP contribution in [0.5, 0.6) is 23.0 Å². The maximum absolute atomic E-state index is 6.32. The van der Waals surface area contributed by atoms with Crippen LogP contribution in [0.15, 0.2) is 77.3 Å². The standard InChI is InChI=1S/C26H19NO3/c1-15(2)16-10-11-27-20(12-16)18-7-5-6-17-19-13-24-25(14-23(19)30-26(17)18)29-22-9-4-3-8-21(22)28-24/h3-15H,1-2H3. The summed E-state index contributed by atoms with van der Waals surface area (Å²) in [7, 11) is 0. The Labute approximate surface area is 173 Å². The fourth-order valence-electron chi connectivity index (χ4n) is 3.98. The molecule has 0 radical (unpaired) electrons. The molecule has 0 atom stereocenters. The number of benzene rings is 3. The topological polar surface area (TPSA) is 44.5 Å². The predicted octanol–water partition coefficient (Wildman–Crippen LogP) is 7.67. The molecule has 0 spiro atoms. The lowest BCUT2D eigenvalue weighted by Gasteiger charge is -2.20. The van der Waals surface area contributed by atoms with Crippen LogP contribution < -0.4 is 9.47 Å². The van der Waals surface area contributed by atoms with E-state index in [-0.39, 0.29) is 0 Å². The quantitative estimate of drug-likeness (QED) is 0.303. The summed E-state index contributed by atoms with van der Waals surface area (Å²) in [6, 6.07) is 21.9. The second kappa shape index (κ2) is 6.36. The molecule has 0 saturated heterocycles. The van der Waals surface area contributed by atoms with Crippen molar-refractivity contribution in [2.24, 2.45) is 0 Å². The normalized spacial score (nSPS) is 12.5. The smallest absolute Gasteiger partial charge is 0.173 e. The molecule has 5 aromatic rings. The van der Waals surface area contributed by atoms with Gasteiger partial charge in [-0.05, 0) is 47.9 Å². The van der Waals surface area contributed by atoms with Crippen molar-refractivity contribution in [3.8, 4) is 34.3 Å². The van der Waals surface area contributed by atoms with E-state index >= 15 is 0 Å². The summed E-state index contributed by atoms with van der Waals surface area (Å²) >= 11 is 0. The molecule has 0 bridgehead atoms. The molecule has 2 aromatic heterocycles. The van der Waals surface area contributed by atoms with Crippen LogP contribution in [0.3, 0.4) is 0 Å². The first-order valence-electron chi connectivity index (χ1n) is 10.1. The van der Waals surface area contributed by atoms with Gasteiger partial charge in [0, 0.05) is 28.6 Å². The van der Waals surface area contributed by atoms with Crippen molar-refractivity contribution >= 4 is 21.9 Å². The molecule has 3 heterocycles. The third kappa shape index (κ3) is 2.57. The predicted molar refractivity (Wildman–Crippen MR) is 118 cm³/mol. The van der Waals surface area contributed by atoms with Crippen LogP contribution >= 0.6 is 0 Å². The van der Waals surface area contributed by atoms with Crippen molar-refractivity contribution in [3.63, 3.8) is 0 Å². The molecule has 6 rings (SSSR count). The van der Waals surface area contributed by atoms with E-state index < -0.39 is 0 Å². The van der Waals surface area contributed by atoms with E-state index in [2.05, 4.69) is 43.1 Å². The average Bonchev–Trinajstić information content (AvgIpc) is 3.13. The molecule has 4 heteroatoms. The van der Waals surface area contributed by atoms with Gasteiger partial charge >= 0.3 is 0 Å². The minimum atomic E-state index is 0.435. The number of fused-ring (bicyclic) bond motifs is 5. The summed E-state index contributed by atoms with van der Waals surface area (Å²) in [6.45, 7) is 4.37. The number of hydrogen-bond acceptors (Lipinski definition) is 4. The number of pyridine rings is 1. The summed E-state index contributed by atoms with van der Waals surface area (Å²) in [4.78, 5) is 4.61. The first-order valence-corrected chi connectivity index (χ1v) is 10.1. The summed E-state index contributed by atoms with van der Waals surface area (Å²) < 4.78 is 18.4. The molecule has 3 aromatic carbocycles. The van der Waals surface area contributed by atoms with E-state index in [0.29, 0.717) is 28.9 Å². The van der Waals surface area contributed by atoms with E-state index in [0.717, 1.165) is 33.2 Å². The van der Waals surface area contributed by atoms with Gasteiger partial charge in [0.15, 0.2) is 23.0 Å². The van der Waals surface area contributed by atoms with Crippen LogP contribution in [0.2, 0.25) is 0 Å². The van der Waals surface area contributed by atoms with Crippen LogP contribution in [0.25, 0.3) is 33.2 Å². The van der Waals surface area contributed by atoms with Gasteiger partial charge in [-0.1, -0.05) is 38.1 Å². The van der Waals surface area contributed by atoms with Gasteiger partial charge in [0.25, 0.3) is 0 Å². The molecule has 0 fully saturated rings. The van der Waals surface area contributed by atoms with Gasteiger partial charge in [0.05, 0.1) is 5.69 Å². The first kappa shape index (κ1) is 17.1. The van der Waals surface area contributed by atoms with E-state index in [4.69, 9.17) is 13.9 Å². The number of nitrogens with zero attached hydrogens (tertiary/aromatic N) is 1. The first-order chi connectivity index (χ1) is 14.7. The third-order valence-electron chi connectivity index (χ3n) is 5.58. The van der Waals surface area contributed by atoms with Crippen molar-refractivity contribution in [3.05, 3.63) is 78.5 Å². The van der Waals surface area contributed by atoms with Crippen LogP contribution in [0, 0.1) is 0 Å². The molecular weight excluding hydrogens is 374 g/mol. The lowest BCUT2D eigenvalue weighted by atomic mass is 10.0. The van der Waals surface area contributed by atoms with Crippen molar-refractivity contribution < 1.29 is 13.9 Å². The number of para-hydroxylation sites is 3. The fourth-order valence-corrected chi connectivity index (χ4v) is 3.98. The van der Waals surface area contributed by atoms with E-state index in [9.17, 15) is 0 Å². The summed E-state index contributed by atoms with van der Waals surface area (Å²) in [6.07, 6.45) is 1.86. The summed E-state index contributed by atoms with van der Waals surface area (Å²) in [5, 5.41) is 2.03. The average molecular weight is 393 g/mol. The van der Waals surface area contributed by atoms with Crippen LogP contribution in [0.4, 0.5) is 0 Å². The Bertz CT molecular complexity index is 1430.